The molecule has 5 heteroatoms. The third-order valence-electron chi connectivity index (χ3n) is 4.32. The molecule has 0 aromatic rings. The van der Waals surface area contributed by atoms with E-state index >= 15 is 0 Å². The fraction of sp³-hybridized carbons (Fsp3) is 0.867. The molecule has 2 rings (SSSR count). The topological polar surface area (TPSA) is 55.8 Å². The van der Waals surface area contributed by atoms with Gasteiger partial charge >= 0.3 is 5.97 Å². The number of hydrogen-bond donors (Lipinski definition) is 0. The SMILES string of the molecule is COC(=O)CN(C(=O)CCC1CCCO1)C1CCCC1. The largest absolute Gasteiger partial charge is 0.468 e. The van der Waals surface area contributed by atoms with Crippen LogP contribution in [0.4, 0.5) is 0 Å². The average molecular weight is 283 g/mol. The lowest BCUT2D eigenvalue weighted by Gasteiger charge is -2.28. The van der Waals surface area contributed by atoms with Gasteiger partial charge in [0.05, 0.1) is 13.2 Å². The van der Waals surface area contributed by atoms with Gasteiger partial charge in [0.2, 0.25) is 5.91 Å². The van der Waals surface area contributed by atoms with Crippen LogP contribution in [-0.2, 0) is 19.1 Å². The molecule has 1 saturated heterocycles. The van der Waals surface area contributed by atoms with Crippen molar-refractivity contribution >= 4 is 11.9 Å². The normalized spacial score (nSPS) is 22.9. The maximum atomic E-state index is 12.4. The zero-order chi connectivity index (χ0) is 14.4. The first-order chi connectivity index (χ1) is 9.70. The van der Waals surface area contributed by atoms with Crippen LogP contribution in [0.2, 0.25) is 0 Å². The molecule has 1 heterocycles. The molecule has 0 radical (unpaired) electrons. The molecule has 0 N–H and O–H groups in total. The van der Waals surface area contributed by atoms with Crippen LogP contribution in [-0.4, -0.2) is 49.2 Å². The van der Waals surface area contributed by atoms with Crippen molar-refractivity contribution in [1.29, 1.82) is 0 Å². The summed E-state index contributed by atoms with van der Waals surface area (Å²) in [5.74, 6) is -0.264. The van der Waals surface area contributed by atoms with E-state index < -0.39 is 0 Å². The number of methoxy groups -OCH3 is 1. The number of ether oxygens (including phenoxy) is 2. The van der Waals surface area contributed by atoms with Crippen LogP contribution in [0.15, 0.2) is 0 Å². The van der Waals surface area contributed by atoms with Gasteiger partial charge in [0, 0.05) is 19.1 Å². The lowest BCUT2D eigenvalue weighted by atomic mass is 10.1. The van der Waals surface area contributed by atoms with Gasteiger partial charge in [-0.25, -0.2) is 0 Å². The van der Waals surface area contributed by atoms with Crippen molar-refractivity contribution in [3.8, 4) is 0 Å². The van der Waals surface area contributed by atoms with Crippen molar-refractivity contribution in [2.45, 2.75) is 63.5 Å². The number of nitrogens with zero attached hydrogens (tertiary/aromatic N) is 1. The number of amides is 1. The fourth-order valence-electron chi connectivity index (χ4n) is 3.14. The van der Waals surface area contributed by atoms with Gasteiger partial charge in [0.1, 0.15) is 6.54 Å². The van der Waals surface area contributed by atoms with E-state index in [2.05, 4.69) is 0 Å². The Morgan fingerprint density at radius 3 is 2.55 bits per heavy atom. The van der Waals surface area contributed by atoms with Gasteiger partial charge in [-0.2, -0.15) is 0 Å². The van der Waals surface area contributed by atoms with E-state index in [4.69, 9.17) is 9.47 Å². The molecule has 0 spiro atoms. The molecule has 1 amide bonds. The first kappa shape index (κ1) is 15.3. The molecule has 2 fully saturated rings. The van der Waals surface area contributed by atoms with Crippen LogP contribution in [0.25, 0.3) is 0 Å². The summed E-state index contributed by atoms with van der Waals surface area (Å²) < 4.78 is 10.3. The molecule has 114 valence electrons. The van der Waals surface area contributed by atoms with E-state index in [1.54, 1.807) is 4.90 Å². The number of esters is 1. The number of hydrogen-bond acceptors (Lipinski definition) is 4. The van der Waals surface area contributed by atoms with Crippen LogP contribution in [0.5, 0.6) is 0 Å². The Balaban J connectivity index is 1.86. The molecule has 1 atom stereocenters. The number of rotatable bonds is 6. The van der Waals surface area contributed by atoms with Crippen molar-refractivity contribution in [3.63, 3.8) is 0 Å². The molecule has 0 bridgehead atoms. The molecule has 2 aliphatic rings. The second-order valence-electron chi connectivity index (χ2n) is 5.71. The Morgan fingerprint density at radius 2 is 1.95 bits per heavy atom. The zero-order valence-electron chi connectivity index (χ0n) is 12.3. The van der Waals surface area contributed by atoms with Crippen molar-refractivity contribution in [2.75, 3.05) is 20.3 Å². The number of carbonyl (C=O) groups is 2. The van der Waals surface area contributed by atoms with Crippen molar-refractivity contribution in [2.24, 2.45) is 0 Å². The average Bonchev–Trinajstić information content (AvgIpc) is 3.14. The van der Waals surface area contributed by atoms with Crippen LogP contribution in [0.1, 0.15) is 51.4 Å². The van der Waals surface area contributed by atoms with Gasteiger partial charge in [0.15, 0.2) is 0 Å². The van der Waals surface area contributed by atoms with E-state index in [0.717, 1.165) is 51.6 Å². The minimum Gasteiger partial charge on any atom is -0.468 e. The highest BCUT2D eigenvalue weighted by atomic mass is 16.5. The first-order valence-electron chi connectivity index (χ1n) is 7.68. The maximum Gasteiger partial charge on any atom is 0.325 e. The lowest BCUT2D eigenvalue weighted by Crippen LogP contribution is -2.42. The summed E-state index contributed by atoms with van der Waals surface area (Å²) >= 11 is 0. The predicted molar refractivity (Wildman–Crippen MR) is 74.2 cm³/mol. The Hall–Kier alpha value is -1.10. The number of carbonyl (C=O) groups excluding carboxylic acids is 2. The van der Waals surface area contributed by atoms with E-state index in [0.29, 0.717) is 6.42 Å². The maximum absolute atomic E-state index is 12.4. The molecule has 0 aromatic heterocycles. The van der Waals surface area contributed by atoms with Gasteiger partial charge in [-0.05, 0) is 32.1 Å². The standard InChI is InChI=1S/C15H25NO4/c1-19-15(18)11-16(12-5-2-3-6-12)14(17)9-8-13-7-4-10-20-13/h12-13H,2-11H2,1H3. The molecular formula is C15H25NO4. The fourth-order valence-corrected chi connectivity index (χ4v) is 3.14. The smallest absolute Gasteiger partial charge is 0.325 e. The highest BCUT2D eigenvalue weighted by molar-refractivity contribution is 5.82. The predicted octanol–water partition coefficient (Wildman–Crippen LogP) is 1.89. The summed E-state index contributed by atoms with van der Waals surface area (Å²) in [7, 11) is 1.37. The minimum atomic E-state index is -0.331. The first-order valence-corrected chi connectivity index (χ1v) is 7.68. The van der Waals surface area contributed by atoms with E-state index in [-0.39, 0.29) is 30.6 Å². The van der Waals surface area contributed by atoms with Crippen molar-refractivity contribution in [3.05, 3.63) is 0 Å². The van der Waals surface area contributed by atoms with Crippen LogP contribution in [0, 0.1) is 0 Å². The van der Waals surface area contributed by atoms with Gasteiger partial charge in [-0.15, -0.1) is 0 Å². The molecule has 1 saturated carbocycles. The van der Waals surface area contributed by atoms with E-state index in [9.17, 15) is 9.59 Å². The molecule has 1 aliphatic carbocycles. The highest BCUT2D eigenvalue weighted by Gasteiger charge is 2.29. The van der Waals surface area contributed by atoms with Gasteiger partial charge in [-0.3, -0.25) is 9.59 Å². The van der Waals surface area contributed by atoms with Crippen LogP contribution >= 0.6 is 0 Å². The monoisotopic (exact) mass is 283 g/mol. The summed E-state index contributed by atoms with van der Waals surface area (Å²) in [5.41, 5.74) is 0. The summed E-state index contributed by atoms with van der Waals surface area (Å²) in [4.78, 5) is 25.6. The second-order valence-corrected chi connectivity index (χ2v) is 5.71. The third-order valence-corrected chi connectivity index (χ3v) is 4.32. The summed E-state index contributed by atoms with van der Waals surface area (Å²) in [6.45, 7) is 0.902. The van der Waals surface area contributed by atoms with Gasteiger partial charge < -0.3 is 14.4 Å². The minimum absolute atomic E-state index is 0.0674. The summed E-state index contributed by atoms with van der Waals surface area (Å²) in [5, 5.41) is 0. The van der Waals surface area contributed by atoms with E-state index in [1.807, 2.05) is 0 Å². The molecule has 5 nitrogen and oxygen atoms in total. The van der Waals surface area contributed by atoms with Crippen molar-refractivity contribution in [1.82, 2.24) is 4.90 Å². The molecule has 0 aromatic carbocycles. The van der Waals surface area contributed by atoms with Crippen LogP contribution in [0.3, 0.4) is 0 Å². The molecule has 20 heavy (non-hydrogen) atoms. The van der Waals surface area contributed by atoms with Gasteiger partial charge in [0.25, 0.3) is 0 Å². The summed E-state index contributed by atoms with van der Waals surface area (Å²) in [6.07, 6.45) is 7.89. The van der Waals surface area contributed by atoms with Gasteiger partial charge in [-0.1, -0.05) is 12.8 Å². The quantitative estimate of drug-likeness (QED) is 0.699. The second kappa shape index (κ2) is 7.62. The Labute approximate surface area is 120 Å². The molecule has 1 aliphatic heterocycles. The van der Waals surface area contributed by atoms with E-state index in [1.165, 1.54) is 7.11 Å². The highest BCUT2D eigenvalue weighted by Crippen LogP contribution is 2.25. The molecular weight excluding hydrogens is 258 g/mol. The Bertz CT molecular complexity index is 333. The molecule has 1 unspecified atom stereocenters. The Kier molecular flexibility index (Phi) is 5.83. The third kappa shape index (κ3) is 4.20. The Morgan fingerprint density at radius 1 is 1.20 bits per heavy atom. The lowest BCUT2D eigenvalue weighted by molar-refractivity contribution is -0.148. The van der Waals surface area contributed by atoms with Crippen LogP contribution < -0.4 is 0 Å². The summed E-state index contributed by atoms with van der Waals surface area (Å²) in [6, 6.07) is 0.214. The zero-order valence-corrected chi connectivity index (χ0v) is 12.3. The van der Waals surface area contributed by atoms with Crippen molar-refractivity contribution < 1.29 is 19.1 Å².